The lowest BCUT2D eigenvalue weighted by Crippen LogP contribution is -2.44. The first-order valence-electron chi connectivity index (χ1n) is 9.53. The van der Waals surface area contributed by atoms with Gasteiger partial charge in [0.15, 0.2) is 6.29 Å². The largest absolute Gasteiger partial charge is 0.350 e. The molecule has 0 spiro atoms. The Morgan fingerprint density at radius 2 is 2.00 bits per heavy atom. The molecule has 6 nitrogen and oxygen atoms in total. The highest BCUT2D eigenvalue weighted by molar-refractivity contribution is 6.33. The number of ether oxygens (including phenoxy) is 2. The first-order chi connectivity index (χ1) is 13.5. The van der Waals surface area contributed by atoms with Crippen LogP contribution in [0.5, 0.6) is 0 Å². The minimum atomic E-state index is -0.213. The van der Waals surface area contributed by atoms with Gasteiger partial charge >= 0.3 is 0 Å². The Kier molecular flexibility index (Phi) is 5.92. The Balaban J connectivity index is 1.52. The van der Waals surface area contributed by atoms with Gasteiger partial charge in [0, 0.05) is 24.0 Å². The van der Waals surface area contributed by atoms with E-state index in [0.717, 1.165) is 18.4 Å². The molecule has 150 valence electrons. The van der Waals surface area contributed by atoms with Gasteiger partial charge < -0.3 is 14.4 Å². The highest BCUT2D eigenvalue weighted by Gasteiger charge is 2.34. The number of hydrogen-bond donors (Lipinski definition) is 0. The van der Waals surface area contributed by atoms with E-state index in [4.69, 9.17) is 32.7 Å². The molecule has 2 aliphatic heterocycles. The minimum Gasteiger partial charge on any atom is -0.350 e. The first kappa shape index (κ1) is 19.7. The van der Waals surface area contributed by atoms with Crippen LogP contribution in [-0.4, -0.2) is 53.2 Å². The summed E-state index contributed by atoms with van der Waals surface area (Å²) in [6.07, 6.45) is 1.70. The van der Waals surface area contributed by atoms with Crippen LogP contribution in [0.15, 0.2) is 24.3 Å². The Morgan fingerprint density at radius 1 is 1.25 bits per heavy atom. The molecule has 1 unspecified atom stereocenters. The molecule has 0 radical (unpaired) electrons. The molecule has 0 bridgehead atoms. The monoisotopic (exact) mass is 423 g/mol. The molecular formula is C20H23Cl2N3O3. The summed E-state index contributed by atoms with van der Waals surface area (Å²) in [6, 6.07) is 7.54. The minimum absolute atomic E-state index is 0.0874. The van der Waals surface area contributed by atoms with Crippen LogP contribution in [0.2, 0.25) is 10.2 Å². The number of hydrogen-bond acceptors (Lipinski definition) is 4. The van der Waals surface area contributed by atoms with Gasteiger partial charge in [-0.1, -0.05) is 41.4 Å². The van der Waals surface area contributed by atoms with Crippen molar-refractivity contribution in [3.05, 3.63) is 51.3 Å². The third-order valence-electron chi connectivity index (χ3n) is 5.33. The summed E-state index contributed by atoms with van der Waals surface area (Å²) in [4.78, 5) is 15.1. The predicted octanol–water partition coefficient (Wildman–Crippen LogP) is 3.77. The van der Waals surface area contributed by atoms with Crippen LogP contribution in [-0.2, 0) is 16.0 Å². The van der Waals surface area contributed by atoms with Crippen LogP contribution in [0.4, 0.5) is 0 Å². The molecule has 0 aliphatic carbocycles. The summed E-state index contributed by atoms with van der Waals surface area (Å²) >= 11 is 12.8. The fraction of sp³-hybridized carbons (Fsp3) is 0.500. The zero-order chi connectivity index (χ0) is 19.7. The van der Waals surface area contributed by atoms with Gasteiger partial charge in [-0.05, 0) is 31.4 Å². The van der Waals surface area contributed by atoms with Crippen LogP contribution >= 0.6 is 23.2 Å². The molecule has 4 rings (SSSR count). The maximum absolute atomic E-state index is 13.2. The zero-order valence-corrected chi connectivity index (χ0v) is 17.2. The number of halogens is 2. The van der Waals surface area contributed by atoms with Gasteiger partial charge in [0.25, 0.3) is 5.91 Å². The van der Waals surface area contributed by atoms with Gasteiger partial charge in [-0.2, -0.15) is 5.10 Å². The van der Waals surface area contributed by atoms with Gasteiger partial charge in [0.2, 0.25) is 0 Å². The van der Waals surface area contributed by atoms with Crippen LogP contribution < -0.4 is 0 Å². The van der Waals surface area contributed by atoms with Crippen molar-refractivity contribution in [1.82, 2.24) is 14.7 Å². The molecule has 1 amide bonds. The van der Waals surface area contributed by atoms with Gasteiger partial charge in [-0.15, -0.1) is 0 Å². The fourth-order valence-electron chi connectivity index (χ4n) is 3.91. The number of benzene rings is 1. The highest BCUT2D eigenvalue weighted by atomic mass is 35.5. The summed E-state index contributed by atoms with van der Waals surface area (Å²) < 4.78 is 12.9. The number of carbonyl (C=O) groups excluding carboxylic acids is 1. The van der Waals surface area contributed by atoms with E-state index in [1.165, 1.54) is 0 Å². The third-order valence-corrected chi connectivity index (χ3v) is 6.09. The lowest BCUT2D eigenvalue weighted by Gasteiger charge is -2.34. The highest BCUT2D eigenvalue weighted by Crippen LogP contribution is 2.29. The smallest absolute Gasteiger partial charge is 0.258 e. The number of rotatable bonds is 4. The summed E-state index contributed by atoms with van der Waals surface area (Å²) in [6.45, 7) is 4.78. The van der Waals surface area contributed by atoms with Crippen molar-refractivity contribution in [2.24, 2.45) is 5.92 Å². The average molecular weight is 424 g/mol. The average Bonchev–Trinajstić information content (AvgIpc) is 3.32. The van der Waals surface area contributed by atoms with Crippen molar-refractivity contribution in [2.75, 3.05) is 26.3 Å². The van der Waals surface area contributed by atoms with Crippen molar-refractivity contribution in [3.63, 3.8) is 0 Å². The Bertz CT molecular complexity index is 864. The van der Waals surface area contributed by atoms with Crippen molar-refractivity contribution < 1.29 is 14.3 Å². The van der Waals surface area contributed by atoms with Crippen molar-refractivity contribution in [1.29, 1.82) is 0 Å². The van der Waals surface area contributed by atoms with Gasteiger partial charge in [-0.3, -0.25) is 4.79 Å². The Labute approximate surface area is 174 Å². The SMILES string of the molecule is Cc1nn(Cc2ccccc2Cl)c(Cl)c1C(=O)N1CCCC(C2OCCO2)C1. The number of amides is 1. The number of aryl methyl sites for hydroxylation is 1. The molecule has 2 saturated heterocycles. The van der Waals surface area contributed by atoms with E-state index < -0.39 is 0 Å². The third kappa shape index (κ3) is 3.92. The van der Waals surface area contributed by atoms with Gasteiger partial charge in [0.05, 0.1) is 31.0 Å². The van der Waals surface area contributed by atoms with E-state index >= 15 is 0 Å². The molecule has 1 aromatic carbocycles. The molecule has 2 fully saturated rings. The van der Waals surface area contributed by atoms with E-state index in [1.807, 2.05) is 36.1 Å². The lowest BCUT2D eigenvalue weighted by molar-refractivity contribution is -0.0969. The van der Waals surface area contributed by atoms with Crippen molar-refractivity contribution in [2.45, 2.75) is 32.6 Å². The van der Waals surface area contributed by atoms with Crippen molar-refractivity contribution in [3.8, 4) is 0 Å². The molecular weight excluding hydrogens is 401 g/mol. The maximum Gasteiger partial charge on any atom is 0.258 e. The summed E-state index contributed by atoms with van der Waals surface area (Å²) in [7, 11) is 0. The second kappa shape index (κ2) is 8.41. The maximum atomic E-state index is 13.2. The van der Waals surface area contributed by atoms with Crippen LogP contribution in [0.3, 0.4) is 0 Å². The number of piperidine rings is 1. The molecule has 1 atom stereocenters. The van der Waals surface area contributed by atoms with E-state index in [-0.39, 0.29) is 18.1 Å². The number of likely N-dealkylation sites (tertiary alicyclic amines) is 1. The number of aromatic nitrogens is 2. The second-order valence-corrected chi connectivity index (χ2v) is 8.03. The van der Waals surface area contributed by atoms with E-state index in [0.29, 0.717) is 54.3 Å². The molecule has 0 N–H and O–H groups in total. The Morgan fingerprint density at radius 3 is 2.75 bits per heavy atom. The fourth-order valence-corrected chi connectivity index (χ4v) is 4.42. The molecule has 8 heteroatoms. The van der Waals surface area contributed by atoms with E-state index in [1.54, 1.807) is 4.68 Å². The molecule has 2 aliphatic rings. The van der Waals surface area contributed by atoms with Crippen LogP contribution in [0.25, 0.3) is 0 Å². The Hall–Kier alpha value is -1.60. The van der Waals surface area contributed by atoms with Crippen LogP contribution in [0, 0.1) is 12.8 Å². The van der Waals surface area contributed by atoms with Crippen LogP contribution in [0.1, 0.15) is 34.5 Å². The van der Waals surface area contributed by atoms with E-state index in [9.17, 15) is 4.79 Å². The predicted molar refractivity (Wildman–Crippen MR) is 107 cm³/mol. The first-order valence-corrected chi connectivity index (χ1v) is 10.3. The lowest BCUT2D eigenvalue weighted by atomic mass is 9.97. The number of nitrogens with zero attached hydrogens (tertiary/aromatic N) is 3. The summed E-state index contributed by atoms with van der Waals surface area (Å²) in [5, 5.41) is 5.48. The molecule has 3 heterocycles. The van der Waals surface area contributed by atoms with Crippen molar-refractivity contribution >= 4 is 29.1 Å². The quantitative estimate of drug-likeness (QED) is 0.750. The molecule has 2 aromatic rings. The topological polar surface area (TPSA) is 56.6 Å². The summed E-state index contributed by atoms with van der Waals surface area (Å²) in [5.74, 6) is 0.105. The molecule has 0 saturated carbocycles. The molecule has 28 heavy (non-hydrogen) atoms. The number of carbonyl (C=O) groups is 1. The normalized spacial score (nSPS) is 20.7. The van der Waals surface area contributed by atoms with E-state index in [2.05, 4.69) is 5.10 Å². The zero-order valence-electron chi connectivity index (χ0n) is 15.7. The second-order valence-electron chi connectivity index (χ2n) is 7.26. The summed E-state index contributed by atoms with van der Waals surface area (Å²) in [5.41, 5.74) is 1.99. The van der Waals surface area contributed by atoms with Gasteiger partial charge in [0.1, 0.15) is 5.15 Å². The molecule has 1 aromatic heterocycles. The van der Waals surface area contributed by atoms with Gasteiger partial charge in [-0.25, -0.2) is 4.68 Å². The standard InChI is InChI=1S/C20H23Cl2N3O3/c1-13-17(18(22)25(23-13)12-14-5-2-3-7-16(14)21)19(26)24-8-4-6-15(11-24)20-27-9-10-28-20/h2-3,5,7,15,20H,4,6,8-12H2,1H3.